The zero-order chi connectivity index (χ0) is 15.2. The Labute approximate surface area is 134 Å². The normalized spacial score (nSPS) is 14.0. The number of hydrogen-bond acceptors (Lipinski definition) is 4. The fraction of sp³-hybridized carbons (Fsp3) is 0.353. The van der Waals surface area contributed by atoms with Crippen LogP contribution in [0.1, 0.15) is 34.0 Å². The van der Waals surface area contributed by atoms with Gasteiger partial charge in [0.15, 0.2) is 0 Å². The number of aryl methyl sites for hydroxylation is 2. The van der Waals surface area contributed by atoms with Gasteiger partial charge in [-0.3, -0.25) is 9.78 Å². The molecule has 0 spiro atoms. The van der Waals surface area contributed by atoms with Crippen molar-refractivity contribution < 1.29 is 4.79 Å². The minimum atomic E-state index is -0.0712. The van der Waals surface area contributed by atoms with E-state index in [4.69, 9.17) is 0 Å². The fourth-order valence-corrected chi connectivity index (χ4v) is 3.67. The minimum absolute atomic E-state index is 0.0712. The number of carbonyl (C=O) groups excluding carboxylic acids is 1. The molecule has 0 aromatic carbocycles. The molecule has 5 heteroatoms. The molecule has 0 radical (unpaired) electrons. The molecule has 1 aliphatic carbocycles. The number of rotatable bonds is 5. The van der Waals surface area contributed by atoms with Crippen molar-refractivity contribution in [1.29, 1.82) is 0 Å². The highest BCUT2D eigenvalue weighted by molar-refractivity contribution is 7.11. The number of nitrogens with one attached hydrogen (secondary N) is 1. The Morgan fingerprint density at radius 3 is 2.91 bits per heavy atom. The Kier molecular flexibility index (Phi) is 4.96. The second kappa shape index (κ2) is 7.31. The highest BCUT2D eigenvalue weighted by atomic mass is 32.1. The highest BCUT2D eigenvalue weighted by Gasteiger charge is 2.14. The van der Waals surface area contributed by atoms with E-state index in [9.17, 15) is 4.79 Å². The largest absolute Gasteiger partial charge is 0.352 e. The van der Waals surface area contributed by atoms with Gasteiger partial charge in [-0.25, -0.2) is 4.98 Å². The summed E-state index contributed by atoms with van der Waals surface area (Å²) in [5.74, 6) is -0.0712. The fourth-order valence-electron chi connectivity index (χ4n) is 2.51. The summed E-state index contributed by atoms with van der Waals surface area (Å²) in [4.78, 5) is 21.8. The molecule has 1 N–H and O–H groups in total. The second-order valence-corrected chi connectivity index (χ2v) is 6.51. The van der Waals surface area contributed by atoms with Gasteiger partial charge in [0.05, 0.1) is 10.7 Å². The van der Waals surface area contributed by atoms with Crippen LogP contribution in [0.5, 0.6) is 0 Å². The lowest BCUT2D eigenvalue weighted by molar-refractivity contribution is -0.116. The Hall–Kier alpha value is -2.01. The molecule has 0 unspecified atom stereocenters. The van der Waals surface area contributed by atoms with Gasteiger partial charge in [-0.2, -0.15) is 0 Å². The lowest BCUT2D eigenvalue weighted by atomic mass is 10.0. The monoisotopic (exact) mass is 313 g/mol. The van der Waals surface area contributed by atoms with Crippen LogP contribution in [0.2, 0.25) is 0 Å². The summed E-state index contributed by atoms with van der Waals surface area (Å²) in [5, 5.41) is 4.05. The maximum absolute atomic E-state index is 11.8. The van der Waals surface area contributed by atoms with Crippen LogP contribution in [0, 0.1) is 0 Å². The van der Waals surface area contributed by atoms with Crippen molar-refractivity contribution in [3.63, 3.8) is 0 Å². The van der Waals surface area contributed by atoms with Crippen molar-refractivity contribution in [3.8, 4) is 0 Å². The molecule has 1 aliphatic rings. The molecule has 4 nitrogen and oxygen atoms in total. The smallest absolute Gasteiger partial charge is 0.244 e. The molecular formula is C17H19N3OS. The van der Waals surface area contributed by atoms with Gasteiger partial charge in [-0.05, 0) is 49.5 Å². The first kappa shape index (κ1) is 14.9. The van der Waals surface area contributed by atoms with Crippen LogP contribution in [-0.2, 0) is 24.1 Å². The van der Waals surface area contributed by atoms with Crippen molar-refractivity contribution >= 4 is 23.3 Å². The Morgan fingerprint density at radius 1 is 1.27 bits per heavy atom. The van der Waals surface area contributed by atoms with Crippen molar-refractivity contribution in [2.24, 2.45) is 0 Å². The van der Waals surface area contributed by atoms with Gasteiger partial charge in [0.25, 0.3) is 0 Å². The van der Waals surface area contributed by atoms with Crippen molar-refractivity contribution in [2.75, 3.05) is 6.54 Å². The molecule has 2 aromatic heterocycles. The first-order chi connectivity index (χ1) is 10.8. The number of amides is 1. The van der Waals surface area contributed by atoms with Gasteiger partial charge >= 0.3 is 0 Å². The summed E-state index contributed by atoms with van der Waals surface area (Å²) in [5.41, 5.74) is 2.26. The SMILES string of the molecule is O=C(/C=C\c1ccncc1)NCCc1nc2c(s1)CCCC2. The van der Waals surface area contributed by atoms with E-state index in [0.29, 0.717) is 6.54 Å². The molecule has 2 heterocycles. The maximum atomic E-state index is 11.8. The maximum Gasteiger partial charge on any atom is 0.244 e. The van der Waals surface area contributed by atoms with Gasteiger partial charge in [0.1, 0.15) is 0 Å². The summed E-state index contributed by atoms with van der Waals surface area (Å²) >= 11 is 1.81. The number of thiazole rings is 1. The third-order valence-corrected chi connectivity index (χ3v) is 4.88. The third-order valence-electron chi connectivity index (χ3n) is 3.66. The van der Waals surface area contributed by atoms with Crippen LogP contribution in [-0.4, -0.2) is 22.4 Å². The van der Waals surface area contributed by atoms with E-state index < -0.39 is 0 Å². The highest BCUT2D eigenvalue weighted by Crippen LogP contribution is 2.26. The first-order valence-corrected chi connectivity index (χ1v) is 8.46. The molecule has 0 saturated heterocycles. The molecular weight excluding hydrogens is 294 g/mol. The van der Waals surface area contributed by atoms with Gasteiger partial charge in [0, 0.05) is 36.3 Å². The van der Waals surface area contributed by atoms with E-state index in [0.717, 1.165) is 23.4 Å². The second-order valence-electron chi connectivity index (χ2n) is 5.34. The van der Waals surface area contributed by atoms with Crippen LogP contribution in [0.25, 0.3) is 6.08 Å². The predicted molar refractivity (Wildman–Crippen MR) is 88.7 cm³/mol. The Morgan fingerprint density at radius 2 is 2.09 bits per heavy atom. The van der Waals surface area contributed by atoms with Crippen molar-refractivity contribution in [3.05, 3.63) is 51.7 Å². The molecule has 1 amide bonds. The number of nitrogens with zero attached hydrogens (tertiary/aromatic N) is 2. The summed E-state index contributed by atoms with van der Waals surface area (Å²) in [7, 11) is 0. The summed E-state index contributed by atoms with van der Waals surface area (Å²) in [6, 6.07) is 3.73. The van der Waals surface area contributed by atoms with Crippen LogP contribution >= 0.6 is 11.3 Å². The van der Waals surface area contributed by atoms with E-state index in [-0.39, 0.29) is 5.91 Å². The quantitative estimate of drug-likeness (QED) is 0.864. The average Bonchev–Trinajstić information content (AvgIpc) is 2.96. The zero-order valence-corrected chi connectivity index (χ0v) is 13.2. The Bertz CT molecular complexity index is 640. The lowest BCUT2D eigenvalue weighted by Gasteiger charge is -2.06. The lowest BCUT2D eigenvalue weighted by Crippen LogP contribution is -2.23. The number of aromatic nitrogens is 2. The molecule has 0 saturated carbocycles. The van der Waals surface area contributed by atoms with Gasteiger partial charge in [-0.15, -0.1) is 11.3 Å². The van der Waals surface area contributed by atoms with Gasteiger partial charge < -0.3 is 5.32 Å². The predicted octanol–water partition coefficient (Wildman–Crippen LogP) is 2.79. The van der Waals surface area contributed by atoms with Crippen LogP contribution in [0.3, 0.4) is 0 Å². The molecule has 0 atom stereocenters. The van der Waals surface area contributed by atoms with E-state index >= 15 is 0 Å². The zero-order valence-electron chi connectivity index (χ0n) is 12.4. The number of fused-ring (bicyclic) bond motifs is 1. The molecule has 3 rings (SSSR count). The summed E-state index contributed by atoms with van der Waals surface area (Å²) < 4.78 is 0. The third kappa shape index (κ3) is 4.01. The molecule has 0 fully saturated rings. The molecule has 0 bridgehead atoms. The van der Waals surface area contributed by atoms with Crippen LogP contribution in [0.15, 0.2) is 30.6 Å². The molecule has 0 aliphatic heterocycles. The molecule has 114 valence electrons. The number of carbonyl (C=O) groups is 1. The minimum Gasteiger partial charge on any atom is -0.352 e. The van der Waals surface area contributed by atoms with E-state index in [1.807, 2.05) is 23.5 Å². The number of hydrogen-bond donors (Lipinski definition) is 1. The van der Waals surface area contributed by atoms with Crippen LogP contribution in [0.4, 0.5) is 0 Å². The first-order valence-electron chi connectivity index (χ1n) is 7.64. The Balaban J connectivity index is 1.45. The van der Waals surface area contributed by atoms with Gasteiger partial charge in [-0.1, -0.05) is 0 Å². The van der Waals surface area contributed by atoms with E-state index in [1.165, 1.54) is 29.8 Å². The van der Waals surface area contributed by atoms with Crippen molar-refractivity contribution in [1.82, 2.24) is 15.3 Å². The van der Waals surface area contributed by atoms with E-state index in [2.05, 4.69) is 15.3 Å². The summed E-state index contributed by atoms with van der Waals surface area (Å²) in [6.45, 7) is 0.631. The molecule has 2 aromatic rings. The average molecular weight is 313 g/mol. The van der Waals surface area contributed by atoms with E-state index in [1.54, 1.807) is 24.5 Å². The molecule has 22 heavy (non-hydrogen) atoms. The van der Waals surface area contributed by atoms with Gasteiger partial charge in [0.2, 0.25) is 5.91 Å². The topological polar surface area (TPSA) is 54.9 Å². The standard InChI is InChI=1S/C17H19N3OS/c21-16(6-5-13-7-10-18-11-8-13)19-12-9-17-20-14-3-1-2-4-15(14)22-17/h5-8,10-11H,1-4,9,12H2,(H,19,21)/b6-5-. The number of pyridine rings is 1. The van der Waals surface area contributed by atoms with Crippen LogP contribution < -0.4 is 5.32 Å². The summed E-state index contributed by atoms with van der Waals surface area (Å²) in [6.07, 6.45) is 12.4. The van der Waals surface area contributed by atoms with Crippen molar-refractivity contribution in [2.45, 2.75) is 32.1 Å².